The molecular weight excluding hydrogens is 284 g/mol. The molecule has 0 N–H and O–H groups in total. The number of Topliss-reactive ketones (excluding diaryl/α,β-unsaturated/α-hetero) is 1. The van der Waals surface area contributed by atoms with E-state index in [1.54, 1.807) is 46.3 Å². The van der Waals surface area contributed by atoms with Crippen molar-refractivity contribution in [3.8, 4) is 11.5 Å². The Bertz CT molecular complexity index is 591. The Morgan fingerprint density at radius 1 is 1.14 bits per heavy atom. The van der Waals surface area contributed by atoms with Crippen LogP contribution in [0.4, 0.5) is 0 Å². The summed E-state index contributed by atoms with van der Waals surface area (Å²) in [5.74, 6) is 0.218. The minimum atomic E-state index is -1.09. The van der Waals surface area contributed by atoms with E-state index in [0.717, 1.165) is 5.56 Å². The highest BCUT2D eigenvalue weighted by Gasteiger charge is 2.50. The van der Waals surface area contributed by atoms with Crippen molar-refractivity contribution in [3.63, 3.8) is 0 Å². The van der Waals surface area contributed by atoms with Gasteiger partial charge in [0.2, 0.25) is 0 Å². The Balaban J connectivity index is 2.43. The molecule has 1 aromatic carbocycles. The zero-order chi connectivity index (χ0) is 16.5. The lowest BCUT2D eigenvalue weighted by atomic mass is 9.74. The van der Waals surface area contributed by atoms with Crippen LogP contribution in [0, 0.1) is 11.3 Å². The standard InChI is InChI=1S/C17H22O5/c1-6-11-14(22-16(19)17(2,3)15(11)18)10-7-8-12(20-4)13(9-10)21-5/h7-9,11,14H,6H2,1-5H3. The van der Waals surface area contributed by atoms with Crippen molar-refractivity contribution < 1.29 is 23.8 Å². The summed E-state index contributed by atoms with van der Waals surface area (Å²) >= 11 is 0. The highest BCUT2D eigenvalue weighted by Crippen LogP contribution is 2.43. The Morgan fingerprint density at radius 3 is 2.32 bits per heavy atom. The van der Waals surface area contributed by atoms with Crippen molar-refractivity contribution in [3.05, 3.63) is 23.8 Å². The smallest absolute Gasteiger partial charge is 0.319 e. The maximum atomic E-state index is 12.6. The molecule has 1 aliphatic rings. The average molecular weight is 306 g/mol. The van der Waals surface area contributed by atoms with E-state index in [0.29, 0.717) is 17.9 Å². The zero-order valence-electron chi connectivity index (χ0n) is 13.6. The van der Waals surface area contributed by atoms with Gasteiger partial charge in [0.05, 0.1) is 20.1 Å². The van der Waals surface area contributed by atoms with Crippen molar-refractivity contribution in [2.24, 2.45) is 11.3 Å². The zero-order valence-corrected chi connectivity index (χ0v) is 13.6. The topological polar surface area (TPSA) is 61.8 Å². The maximum Gasteiger partial charge on any atom is 0.319 e. The van der Waals surface area contributed by atoms with E-state index in [9.17, 15) is 9.59 Å². The number of rotatable bonds is 4. The van der Waals surface area contributed by atoms with Gasteiger partial charge in [0.15, 0.2) is 17.3 Å². The SMILES string of the molecule is CCC1C(=O)C(C)(C)C(=O)OC1c1ccc(OC)c(OC)c1. The molecular formula is C17H22O5. The quantitative estimate of drug-likeness (QED) is 0.632. The van der Waals surface area contributed by atoms with Gasteiger partial charge in [0.25, 0.3) is 0 Å². The van der Waals surface area contributed by atoms with Crippen LogP contribution in [0.3, 0.4) is 0 Å². The van der Waals surface area contributed by atoms with E-state index in [4.69, 9.17) is 14.2 Å². The molecule has 5 heteroatoms. The molecule has 2 atom stereocenters. The molecule has 1 aromatic rings. The van der Waals surface area contributed by atoms with E-state index in [1.807, 2.05) is 6.92 Å². The Hall–Kier alpha value is -2.04. The highest BCUT2D eigenvalue weighted by atomic mass is 16.5. The molecule has 0 amide bonds. The Kier molecular flexibility index (Phi) is 4.44. The Morgan fingerprint density at radius 2 is 1.77 bits per heavy atom. The summed E-state index contributed by atoms with van der Waals surface area (Å²) in [6.45, 7) is 5.15. The normalized spacial score (nSPS) is 23.9. The van der Waals surface area contributed by atoms with Gasteiger partial charge in [-0.1, -0.05) is 13.0 Å². The van der Waals surface area contributed by atoms with Gasteiger partial charge in [0.1, 0.15) is 11.5 Å². The molecule has 0 saturated carbocycles. The molecule has 0 radical (unpaired) electrons. The number of carbonyl (C=O) groups excluding carboxylic acids is 2. The summed E-state index contributed by atoms with van der Waals surface area (Å²) in [5, 5.41) is 0. The van der Waals surface area contributed by atoms with Crippen LogP contribution in [0.5, 0.6) is 11.5 Å². The first-order chi connectivity index (χ1) is 10.4. The lowest BCUT2D eigenvalue weighted by Crippen LogP contribution is -2.47. The van der Waals surface area contributed by atoms with Crippen molar-refractivity contribution in [1.29, 1.82) is 0 Å². The molecule has 2 unspecified atom stereocenters. The van der Waals surface area contributed by atoms with Crippen LogP contribution in [0.15, 0.2) is 18.2 Å². The second kappa shape index (κ2) is 5.99. The summed E-state index contributed by atoms with van der Waals surface area (Å²) in [7, 11) is 3.10. The van der Waals surface area contributed by atoms with Gasteiger partial charge in [-0.3, -0.25) is 9.59 Å². The molecule has 0 aliphatic carbocycles. The second-order valence-corrected chi connectivity index (χ2v) is 5.94. The number of methoxy groups -OCH3 is 2. The summed E-state index contributed by atoms with van der Waals surface area (Å²) in [5.41, 5.74) is -0.352. The Labute approximate surface area is 130 Å². The highest BCUT2D eigenvalue weighted by molar-refractivity contribution is 6.06. The molecule has 1 heterocycles. The van der Waals surface area contributed by atoms with Gasteiger partial charge in [0, 0.05) is 0 Å². The average Bonchev–Trinajstić information content (AvgIpc) is 2.52. The van der Waals surface area contributed by atoms with Gasteiger partial charge < -0.3 is 14.2 Å². The van der Waals surface area contributed by atoms with E-state index < -0.39 is 17.5 Å². The fraction of sp³-hybridized carbons (Fsp3) is 0.529. The van der Waals surface area contributed by atoms with E-state index in [-0.39, 0.29) is 11.7 Å². The minimum absolute atomic E-state index is 0.0777. The summed E-state index contributed by atoms with van der Waals surface area (Å²) < 4.78 is 16.1. The van der Waals surface area contributed by atoms with Gasteiger partial charge in [-0.25, -0.2) is 0 Å². The third-order valence-corrected chi connectivity index (χ3v) is 4.24. The number of ketones is 1. The third kappa shape index (κ3) is 2.56. The molecule has 0 bridgehead atoms. The molecule has 22 heavy (non-hydrogen) atoms. The number of hydrogen-bond acceptors (Lipinski definition) is 5. The van der Waals surface area contributed by atoms with Crippen LogP contribution >= 0.6 is 0 Å². The predicted molar refractivity (Wildman–Crippen MR) is 80.9 cm³/mol. The first-order valence-corrected chi connectivity index (χ1v) is 7.34. The van der Waals surface area contributed by atoms with E-state index >= 15 is 0 Å². The summed E-state index contributed by atoms with van der Waals surface area (Å²) in [4.78, 5) is 24.7. The lowest BCUT2D eigenvalue weighted by Gasteiger charge is -2.37. The van der Waals surface area contributed by atoms with Gasteiger partial charge >= 0.3 is 5.97 Å². The third-order valence-electron chi connectivity index (χ3n) is 4.24. The molecule has 0 spiro atoms. The number of ether oxygens (including phenoxy) is 3. The van der Waals surface area contributed by atoms with Crippen LogP contribution in [-0.2, 0) is 14.3 Å². The predicted octanol–water partition coefficient (Wildman–Crippen LogP) is 2.92. The number of cyclic esters (lactones) is 1. The van der Waals surface area contributed by atoms with Gasteiger partial charge in [-0.15, -0.1) is 0 Å². The number of hydrogen-bond donors (Lipinski definition) is 0. The summed E-state index contributed by atoms with van der Waals surface area (Å²) in [6.07, 6.45) is 0.0204. The van der Waals surface area contributed by atoms with Crippen LogP contribution in [0.1, 0.15) is 38.9 Å². The first kappa shape index (κ1) is 16.3. The first-order valence-electron chi connectivity index (χ1n) is 7.34. The largest absolute Gasteiger partial charge is 0.493 e. The fourth-order valence-electron chi connectivity index (χ4n) is 2.78. The van der Waals surface area contributed by atoms with Crippen molar-refractivity contribution in [1.82, 2.24) is 0 Å². The maximum absolute atomic E-state index is 12.6. The van der Waals surface area contributed by atoms with E-state index in [1.165, 1.54) is 0 Å². The van der Waals surface area contributed by atoms with E-state index in [2.05, 4.69) is 0 Å². The van der Waals surface area contributed by atoms with Gasteiger partial charge in [-0.2, -0.15) is 0 Å². The molecule has 0 aromatic heterocycles. The molecule has 5 nitrogen and oxygen atoms in total. The van der Waals surface area contributed by atoms with Gasteiger partial charge in [-0.05, 0) is 38.0 Å². The lowest BCUT2D eigenvalue weighted by molar-refractivity contribution is -0.179. The summed E-state index contributed by atoms with van der Waals surface area (Å²) in [6, 6.07) is 5.30. The molecule has 1 fully saturated rings. The number of carbonyl (C=O) groups is 2. The molecule has 2 rings (SSSR count). The van der Waals surface area contributed by atoms with Crippen LogP contribution in [-0.4, -0.2) is 26.0 Å². The van der Waals surface area contributed by atoms with Crippen LogP contribution in [0.25, 0.3) is 0 Å². The molecule has 1 saturated heterocycles. The fourth-order valence-corrected chi connectivity index (χ4v) is 2.78. The monoisotopic (exact) mass is 306 g/mol. The van der Waals surface area contributed by atoms with Crippen molar-refractivity contribution >= 4 is 11.8 Å². The minimum Gasteiger partial charge on any atom is -0.493 e. The molecule has 120 valence electrons. The number of esters is 1. The second-order valence-electron chi connectivity index (χ2n) is 5.94. The number of benzene rings is 1. The molecule has 1 aliphatic heterocycles. The van der Waals surface area contributed by atoms with Crippen LogP contribution in [0.2, 0.25) is 0 Å². The van der Waals surface area contributed by atoms with Crippen LogP contribution < -0.4 is 9.47 Å². The van der Waals surface area contributed by atoms with Crippen molar-refractivity contribution in [2.45, 2.75) is 33.3 Å². The van der Waals surface area contributed by atoms with Crippen molar-refractivity contribution in [2.75, 3.05) is 14.2 Å².